The lowest BCUT2D eigenvalue weighted by Gasteiger charge is -2.33. The summed E-state index contributed by atoms with van der Waals surface area (Å²) in [5, 5.41) is 23.4. The molecule has 5 atom stereocenters. The van der Waals surface area contributed by atoms with Crippen molar-refractivity contribution in [3.05, 3.63) is 54.6 Å². The second kappa shape index (κ2) is 10.9. The van der Waals surface area contributed by atoms with Crippen LogP contribution < -0.4 is 10.6 Å². The van der Waals surface area contributed by atoms with Crippen molar-refractivity contribution in [1.82, 2.24) is 25.2 Å². The Hall–Kier alpha value is -3.83. The normalized spacial score (nSPS) is 28.3. The van der Waals surface area contributed by atoms with Gasteiger partial charge in [0.2, 0.25) is 17.7 Å². The van der Waals surface area contributed by atoms with Gasteiger partial charge in [0, 0.05) is 18.8 Å². The zero-order valence-corrected chi connectivity index (χ0v) is 23.2. The number of hydrogen-bond donors (Lipinski definition) is 3. The molecule has 3 fully saturated rings. The maximum atomic E-state index is 14.1. The highest BCUT2D eigenvalue weighted by Gasteiger charge is 2.77. The molecule has 216 valence electrons. The van der Waals surface area contributed by atoms with Gasteiger partial charge in [-0.05, 0) is 56.9 Å². The fraction of sp³-hybridized carbons (Fsp3) is 0.500. The molecule has 0 aliphatic carbocycles. The van der Waals surface area contributed by atoms with E-state index in [4.69, 9.17) is 9.84 Å². The van der Waals surface area contributed by atoms with Crippen molar-refractivity contribution in [1.29, 1.82) is 0 Å². The molecule has 1 spiro atoms. The Labute approximate surface area is 238 Å². The van der Waals surface area contributed by atoms with Gasteiger partial charge in [-0.3, -0.25) is 14.4 Å². The lowest BCUT2D eigenvalue weighted by atomic mass is 9.66. The highest BCUT2D eigenvalue weighted by atomic mass is 16.5. The van der Waals surface area contributed by atoms with Crippen LogP contribution in [0, 0.1) is 11.8 Å². The Morgan fingerprint density at radius 2 is 1.78 bits per heavy atom. The van der Waals surface area contributed by atoms with Crippen molar-refractivity contribution in [2.45, 2.75) is 69.4 Å². The van der Waals surface area contributed by atoms with Gasteiger partial charge in [-0.1, -0.05) is 48.4 Å². The molecule has 6 rings (SSSR count). The van der Waals surface area contributed by atoms with E-state index in [0.717, 1.165) is 23.9 Å². The van der Waals surface area contributed by atoms with Crippen molar-refractivity contribution in [2.24, 2.45) is 11.8 Å². The number of aromatic nitrogens is 3. The van der Waals surface area contributed by atoms with Crippen molar-refractivity contribution < 1.29 is 24.2 Å². The van der Waals surface area contributed by atoms with E-state index in [0.29, 0.717) is 37.9 Å². The van der Waals surface area contributed by atoms with E-state index >= 15 is 0 Å². The van der Waals surface area contributed by atoms with Crippen molar-refractivity contribution in [3.63, 3.8) is 0 Å². The zero-order valence-electron chi connectivity index (χ0n) is 23.2. The Morgan fingerprint density at radius 3 is 2.59 bits per heavy atom. The van der Waals surface area contributed by atoms with Crippen molar-refractivity contribution >= 4 is 34.4 Å². The molecule has 3 saturated heterocycles. The van der Waals surface area contributed by atoms with Crippen LogP contribution in [0.1, 0.15) is 45.4 Å². The lowest BCUT2D eigenvalue weighted by Crippen LogP contribution is -2.55. The average molecular weight is 561 g/mol. The number of carbonyl (C=O) groups excluding carboxylic acids is 3. The van der Waals surface area contributed by atoms with Crippen LogP contribution in [-0.2, 0) is 25.8 Å². The Bertz CT molecular complexity index is 1450. The van der Waals surface area contributed by atoms with E-state index in [1.165, 1.54) is 0 Å². The summed E-state index contributed by atoms with van der Waals surface area (Å²) < 4.78 is 8.29. The monoisotopic (exact) mass is 560 g/mol. The van der Waals surface area contributed by atoms with Crippen molar-refractivity contribution in [3.8, 4) is 0 Å². The number of rotatable bonds is 11. The van der Waals surface area contributed by atoms with Gasteiger partial charge in [-0.25, -0.2) is 4.68 Å². The summed E-state index contributed by atoms with van der Waals surface area (Å²) in [4.78, 5) is 43.5. The van der Waals surface area contributed by atoms with E-state index in [2.05, 4.69) is 20.9 Å². The minimum atomic E-state index is -1.09. The van der Waals surface area contributed by atoms with E-state index < -0.39 is 29.1 Å². The molecule has 3 aliphatic rings. The maximum Gasteiger partial charge on any atom is 0.247 e. The van der Waals surface area contributed by atoms with Gasteiger partial charge in [0.15, 0.2) is 0 Å². The van der Waals surface area contributed by atoms with E-state index in [-0.39, 0.29) is 31.0 Å². The Balaban J connectivity index is 1.27. The molecule has 2 bridgehead atoms. The molecule has 41 heavy (non-hydrogen) atoms. The number of para-hydroxylation sites is 2. The van der Waals surface area contributed by atoms with E-state index in [9.17, 15) is 14.4 Å². The smallest absolute Gasteiger partial charge is 0.247 e. The fourth-order valence-corrected chi connectivity index (χ4v) is 7.14. The second-order valence-electron chi connectivity index (χ2n) is 11.5. The van der Waals surface area contributed by atoms with Gasteiger partial charge in [0.25, 0.3) is 0 Å². The summed E-state index contributed by atoms with van der Waals surface area (Å²) in [5.41, 5.74) is 0.213. The number of benzene rings is 2. The third-order valence-electron chi connectivity index (χ3n) is 8.98. The van der Waals surface area contributed by atoms with Crippen LogP contribution in [0.4, 0.5) is 5.69 Å². The average Bonchev–Trinajstić information content (AvgIpc) is 3.68. The van der Waals surface area contributed by atoms with Gasteiger partial charge < -0.3 is 25.4 Å². The summed E-state index contributed by atoms with van der Waals surface area (Å²) in [7, 11) is 0. The number of unbranched alkanes of at least 4 members (excludes halogenated alkanes) is 3. The summed E-state index contributed by atoms with van der Waals surface area (Å²) in [6, 6.07) is 15.8. The largest absolute Gasteiger partial charge is 0.396 e. The Morgan fingerprint density at radius 1 is 1.02 bits per heavy atom. The molecule has 2 unspecified atom stereocenters. The molecule has 3 aromatic rings. The number of aliphatic hydroxyl groups is 1. The quantitative estimate of drug-likeness (QED) is 0.306. The van der Waals surface area contributed by atoms with E-state index in [1.54, 1.807) is 9.58 Å². The number of fused-ring (bicyclic) bond motifs is 2. The number of aliphatic hydroxyl groups excluding tert-OH is 1. The molecule has 11 nitrogen and oxygen atoms in total. The first kappa shape index (κ1) is 27.3. The van der Waals surface area contributed by atoms with E-state index in [1.807, 2.05) is 61.5 Å². The molecule has 3 N–H and O–H groups in total. The molecule has 0 radical (unpaired) electrons. The van der Waals surface area contributed by atoms with Crippen LogP contribution in [0.15, 0.2) is 54.6 Å². The predicted octanol–water partition coefficient (Wildman–Crippen LogP) is 2.46. The molecular weight excluding hydrogens is 524 g/mol. The van der Waals surface area contributed by atoms with Crippen LogP contribution in [0.2, 0.25) is 0 Å². The molecule has 11 heteroatoms. The highest BCUT2D eigenvalue weighted by Crippen LogP contribution is 2.63. The van der Waals surface area contributed by atoms with Crippen LogP contribution in [0.25, 0.3) is 11.0 Å². The highest BCUT2D eigenvalue weighted by molar-refractivity contribution is 6.02. The first-order valence-electron chi connectivity index (χ1n) is 14.4. The van der Waals surface area contributed by atoms with Crippen LogP contribution in [0.5, 0.6) is 0 Å². The summed E-state index contributed by atoms with van der Waals surface area (Å²) in [6.07, 6.45) is 4.12. The summed E-state index contributed by atoms with van der Waals surface area (Å²) >= 11 is 0. The second-order valence-corrected chi connectivity index (χ2v) is 11.5. The first-order valence-corrected chi connectivity index (χ1v) is 14.4. The molecule has 3 aliphatic heterocycles. The van der Waals surface area contributed by atoms with Gasteiger partial charge in [0.05, 0.1) is 23.0 Å². The number of likely N-dealkylation sites (tertiary alicyclic amines) is 1. The third kappa shape index (κ3) is 4.66. The van der Waals surface area contributed by atoms with Gasteiger partial charge in [0.1, 0.15) is 23.8 Å². The molecular formula is C30H36N6O5. The predicted molar refractivity (Wildman–Crippen MR) is 150 cm³/mol. The number of nitrogens with zero attached hydrogens (tertiary/aromatic N) is 4. The standard InChI is InChI=1S/C30H36N6O5/c1-29-15-16-30(41-29)24(23(29)26(38)32-20-11-5-4-6-12-20)28(40)35(17-9-2-3-10-18-37)25(30)27(39)31-19-36-22-14-8-7-13-21(22)33-34-36/h4-8,11-14,23-25,37H,2-3,9-10,15-19H2,1H3,(H,31,39)(H,32,38)/t23-,24+,25?,29+,30?/m1/s1. The van der Waals surface area contributed by atoms with Crippen LogP contribution in [0.3, 0.4) is 0 Å². The summed E-state index contributed by atoms with van der Waals surface area (Å²) in [5.74, 6) is -2.29. The van der Waals surface area contributed by atoms with Gasteiger partial charge in [-0.15, -0.1) is 5.10 Å². The number of carbonyl (C=O) groups is 3. The lowest BCUT2D eigenvalue weighted by molar-refractivity contribution is -0.145. The SMILES string of the molecule is C[C@@]12CCC3(O1)C(C(=O)NCn1nnc4ccccc41)N(CCCCCCO)C(=O)[C@@H]3[C@@H]2C(=O)Nc1ccccc1. The number of ether oxygens (including phenoxy) is 1. The number of hydrogen-bond acceptors (Lipinski definition) is 7. The minimum Gasteiger partial charge on any atom is -0.396 e. The molecule has 1 aromatic heterocycles. The third-order valence-corrected chi connectivity index (χ3v) is 8.98. The topological polar surface area (TPSA) is 139 Å². The zero-order chi connectivity index (χ0) is 28.6. The minimum absolute atomic E-state index is 0.0876. The Kier molecular flexibility index (Phi) is 7.25. The van der Waals surface area contributed by atoms with Crippen LogP contribution >= 0.6 is 0 Å². The van der Waals surface area contributed by atoms with Crippen LogP contribution in [-0.4, -0.2) is 73.1 Å². The fourth-order valence-electron chi connectivity index (χ4n) is 7.14. The maximum absolute atomic E-state index is 14.1. The number of amides is 3. The number of nitrogens with one attached hydrogen (secondary N) is 2. The molecule has 3 amide bonds. The first-order chi connectivity index (χ1) is 19.9. The number of anilines is 1. The van der Waals surface area contributed by atoms with Gasteiger partial charge >= 0.3 is 0 Å². The van der Waals surface area contributed by atoms with Gasteiger partial charge in [-0.2, -0.15) is 0 Å². The molecule has 0 saturated carbocycles. The molecule has 4 heterocycles. The molecule has 2 aromatic carbocycles. The summed E-state index contributed by atoms with van der Waals surface area (Å²) in [6.45, 7) is 2.48. The van der Waals surface area contributed by atoms with Crippen molar-refractivity contribution in [2.75, 3.05) is 18.5 Å².